The molecule has 0 aliphatic heterocycles. The van der Waals surface area contributed by atoms with Gasteiger partial charge >= 0.3 is 0 Å². The Balaban J connectivity index is 2.40. The maximum Gasteiger partial charge on any atom is 0.244 e. The van der Waals surface area contributed by atoms with Crippen molar-refractivity contribution in [1.29, 1.82) is 0 Å². The van der Waals surface area contributed by atoms with Gasteiger partial charge in [0.05, 0.1) is 8.68 Å². The van der Waals surface area contributed by atoms with E-state index in [2.05, 4.69) is 22.5 Å². The molecule has 1 saturated carbocycles. The first-order valence-corrected chi connectivity index (χ1v) is 8.40. The van der Waals surface area contributed by atoms with Crippen molar-refractivity contribution in [2.24, 2.45) is 0 Å². The minimum Gasteiger partial charge on any atom is -0.207 e. The number of thiophene rings is 1. The quantitative estimate of drug-likeness (QED) is 0.775. The molecule has 0 bridgehead atoms. The van der Waals surface area contributed by atoms with Crippen molar-refractivity contribution in [2.45, 2.75) is 30.7 Å². The zero-order valence-electron chi connectivity index (χ0n) is 9.52. The number of hydrogen-bond donors (Lipinski definition) is 0. The summed E-state index contributed by atoms with van der Waals surface area (Å²) >= 11 is 4.78. The van der Waals surface area contributed by atoms with Crippen molar-refractivity contribution < 1.29 is 8.42 Å². The number of halogens is 1. The average molecular weight is 336 g/mol. The first-order chi connectivity index (χ1) is 7.96. The summed E-state index contributed by atoms with van der Waals surface area (Å²) in [4.78, 5) is 1.25. The summed E-state index contributed by atoms with van der Waals surface area (Å²) in [7, 11) is -3.37. The summed E-state index contributed by atoms with van der Waals surface area (Å²) < 4.78 is 27.4. The lowest BCUT2D eigenvalue weighted by Gasteiger charge is -2.19. The van der Waals surface area contributed by atoms with E-state index in [1.807, 2.05) is 6.92 Å². The van der Waals surface area contributed by atoms with Crippen LogP contribution in [0.1, 0.15) is 17.7 Å². The van der Waals surface area contributed by atoms with Crippen molar-refractivity contribution in [3.8, 4) is 0 Å². The molecule has 0 amide bonds. The topological polar surface area (TPSA) is 37.4 Å². The van der Waals surface area contributed by atoms with Crippen LogP contribution >= 0.6 is 27.3 Å². The van der Waals surface area contributed by atoms with Crippen molar-refractivity contribution in [3.63, 3.8) is 0 Å². The standard InChI is InChI=1S/C11H14BrNO2S2/c1-3-6-13(9-4-5-9)17(14,15)10-7-11(12)16-8(10)2/h3,7,9H,1,4-6H2,2H3. The van der Waals surface area contributed by atoms with Crippen LogP contribution in [-0.4, -0.2) is 25.3 Å². The Morgan fingerprint density at radius 2 is 2.29 bits per heavy atom. The Morgan fingerprint density at radius 3 is 2.71 bits per heavy atom. The molecule has 1 fully saturated rings. The first-order valence-electron chi connectivity index (χ1n) is 5.35. The van der Waals surface area contributed by atoms with Crippen LogP contribution in [0.2, 0.25) is 0 Å². The van der Waals surface area contributed by atoms with E-state index in [9.17, 15) is 8.42 Å². The third kappa shape index (κ3) is 2.65. The van der Waals surface area contributed by atoms with Crippen LogP contribution in [0.15, 0.2) is 27.4 Å². The highest BCUT2D eigenvalue weighted by Crippen LogP contribution is 2.36. The molecule has 0 radical (unpaired) electrons. The Hall–Kier alpha value is -0.170. The molecule has 0 N–H and O–H groups in total. The first kappa shape index (κ1) is 13.3. The maximum atomic E-state index is 12.5. The van der Waals surface area contributed by atoms with E-state index in [0.29, 0.717) is 11.4 Å². The van der Waals surface area contributed by atoms with E-state index in [1.54, 1.807) is 16.4 Å². The van der Waals surface area contributed by atoms with E-state index in [0.717, 1.165) is 21.5 Å². The number of nitrogens with zero attached hydrogens (tertiary/aromatic N) is 1. The van der Waals surface area contributed by atoms with E-state index < -0.39 is 10.0 Å². The lowest BCUT2D eigenvalue weighted by Crippen LogP contribution is -2.33. The Morgan fingerprint density at radius 1 is 1.65 bits per heavy atom. The third-order valence-electron chi connectivity index (χ3n) is 2.69. The molecule has 1 heterocycles. The molecule has 0 unspecified atom stereocenters. The largest absolute Gasteiger partial charge is 0.244 e. The molecular formula is C11H14BrNO2S2. The zero-order chi connectivity index (χ0) is 12.6. The summed E-state index contributed by atoms with van der Waals surface area (Å²) in [6.07, 6.45) is 3.56. The van der Waals surface area contributed by atoms with Gasteiger partial charge in [0, 0.05) is 17.5 Å². The maximum absolute atomic E-state index is 12.5. The molecule has 1 aliphatic rings. The molecule has 3 nitrogen and oxygen atoms in total. The monoisotopic (exact) mass is 335 g/mol. The lowest BCUT2D eigenvalue weighted by molar-refractivity contribution is 0.436. The predicted molar refractivity (Wildman–Crippen MR) is 73.9 cm³/mol. The second kappa shape index (κ2) is 4.84. The van der Waals surface area contributed by atoms with Crippen LogP contribution in [0, 0.1) is 6.92 Å². The van der Waals surface area contributed by atoms with Crippen molar-refractivity contribution >= 4 is 37.3 Å². The van der Waals surface area contributed by atoms with E-state index in [-0.39, 0.29) is 6.04 Å². The molecule has 1 aromatic heterocycles. The second-order valence-corrected chi connectivity index (χ2v) is 8.56. The smallest absolute Gasteiger partial charge is 0.207 e. The minimum absolute atomic E-state index is 0.163. The molecule has 0 atom stereocenters. The summed E-state index contributed by atoms with van der Waals surface area (Å²) in [5.74, 6) is 0. The molecule has 1 aromatic rings. The van der Waals surface area contributed by atoms with Gasteiger partial charge in [0.1, 0.15) is 0 Å². The van der Waals surface area contributed by atoms with Gasteiger partial charge < -0.3 is 0 Å². The van der Waals surface area contributed by atoms with Crippen molar-refractivity contribution in [1.82, 2.24) is 4.31 Å². The van der Waals surface area contributed by atoms with Crippen molar-refractivity contribution in [3.05, 3.63) is 27.4 Å². The highest BCUT2D eigenvalue weighted by molar-refractivity contribution is 9.11. The van der Waals surface area contributed by atoms with Gasteiger partial charge in [0.25, 0.3) is 0 Å². The van der Waals surface area contributed by atoms with Gasteiger partial charge in [0.15, 0.2) is 0 Å². The Kier molecular flexibility index (Phi) is 3.77. The summed E-state index contributed by atoms with van der Waals surface area (Å²) in [5.41, 5.74) is 0. The van der Waals surface area contributed by atoms with Gasteiger partial charge in [-0.25, -0.2) is 8.42 Å². The van der Waals surface area contributed by atoms with Crippen LogP contribution in [-0.2, 0) is 10.0 Å². The molecule has 2 rings (SSSR count). The van der Waals surface area contributed by atoms with Gasteiger partial charge in [-0.15, -0.1) is 17.9 Å². The molecule has 94 valence electrons. The molecule has 6 heteroatoms. The predicted octanol–water partition coefficient (Wildman–Crippen LogP) is 3.16. The molecule has 0 aromatic carbocycles. The van der Waals surface area contributed by atoms with Crippen LogP contribution in [0.3, 0.4) is 0 Å². The Bertz CT molecular complexity index is 532. The van der Waals surface area contributed by atoms with E-state index >= 15 is 0 Å². The van der Waals surface area contributed by atoms with Crippen LogP contribution in [0.25, 0.3) is 0 Å². The molecule has 0 spiro atoms. The highest BCUT2D eigenvalue weighted by Gasteiger charge is 2.38. The fourth-order valence-electron chi connectivity index (χ4n) is 1.75. The van der Waals surface area contributed by atoms with Gasteiger partial charge in [-0.1, -0.05) is 6.08 Å². The summed E-state index contributed by atoms with van der Waals surface area (Å²) in [5, 5.41) is 0. The third-order valence-corrected chi connectivity index (χ3v) is 6.42. The second-order valence-electron chi connectivity index (χ2n) is 4.07. The number of sulfonamides is 1. The highest BCUT2D eigenvalue weighted by atomic mass is 79.9. The summed E-state index contributed by atoms with van der Waals surface area (Å²) in [6, 6.07) is 1.85. The van der Waals surface area contributed by atoms with Gasteiger partial charge in [-0.3, -0.25) is 0 Å². The number of rotatable bonds is 5. The number of hydrogen-bond acceptors (Lipinski definition) is 3. The SMILES string of the molecule is C=CCN(C1CC1)S(=O)(=O)c1cc(Br)sc1C. The zero-order valence-corrected chi connectivity index (χ0v) is 12.7. The van der Waals surface area contributed by atoms with Crippen LogP contribution in [0.4, 0.5) is 0 Å². The van der Waals surface area contributed by atoms with E-state index in [1.165, 1.54) is 11.3 Å². The molecule has 0 saturated heterocycles. The minimum atomic E-state index is -3.37. The number of aryl methyl sites for hydroxylation is 1. The lowest BCUT2D eigenvalue weighted by atomic mass is 10.5. The fourth-order valence-corrected chi connectivity index (χ4v) is 5.79. The van der Waals surface area contributed by atoms with Crippen LogP contribution < -0.4 is 0 Å². The van der Waals surface area contributed by atoms with Gasteiger partial charge in [-0.2, -0.15) is 4.31 Å². The fraction of sp³-hybridized carbons (Fsp3) is 0.455. The molecule has 17 heavy (non-hydrogen) atoms. The molecular weight excluding hydrogens is 322 g/mol. The van der Waals surface area contributed by atoms with Gasteiger partial charge in [-0.05, 0) is 41.8 Å². The Labute approximate surface area is 114 Å². The van der Waals surface area contributed by atoms with E-state index in [4.69, 9.17) is 0 Å². The van der Waals surface area contributed by atoms with Crippen LogP contribution in [0.5, 0.6) is 0 Å². The van der Waals surface area contributed by atoms with Crippen molar-refractivity contribution in [2.75, 3.05) is 6.54 Å². The molecule has 1 aliphatic carbocycles. The average Bonchev–Trinajstić information content (AvgIpc) is 3.00. The van der Waals surface area contributed by atoms with Gasteiger partial charge in [0.2, 0.25) is 10.0 Å². The summed E-state index contributed by atoms with van der Waals surface area (Å²) in [6.45, 7) is 5.86. The normalized spacial score (nSPS) is 16.4.